The lowest BCUT2D eigenvalue weighted by molar-refractivity contribution is 0.157. The average Bonchev–Trinajstić information content (AvgIpc) is 2.40. The highest BCUT2D eigenvalue weighted by molar-refractivity contribution is 5.85. The predicted molar refractivity (Wildman–Crippen MR) is 76.2 cm³/mol. The van der Waals surface area contributed by atoms with E-state index in [1.807, 2.05) is 6.07 Å². The minimum absolute atomic E-state index is 0. The van der Waals surface area contributed by atoms with Crippen LogP contribution in [0.5, 0.6) is 0 Å². The maximum Gasteiger partial charge on any atom is 0.126 e. The van der Waals surface area contributed by atoms with Gasteiger partial charge in [-0.1, -0.05) is 12.1 Å². The first-order valence-electron chi connectivity index (χ1n) is 6.49. The van der Waals surface area contributed by atoms with Crippen molar-refractivity contribution in [3.05, 3.63) is 35.1 Å². The molecule has 1 fully saturated rings. The standard InChI is InChI=1S/C14H20F2N2.ClH/c1-11-2-3-12(10-13(11)16)14(4-5-15)18-8-6-17-7-9-18;/h2-3,10,14,17H,4-9H2,1H3;1H/t14-;/m0./s1. The van der Waals surface area contributed by atoms with E-state index in [1.54, 1.807) is 19.1 Å². The number of alkyl halides is 1. The van der Waals surface area contributed by atoms with Gasteiger partial charge in [-0.15, -0.1) is 12.4 Å². The Kier molecular flexibility index (Phi) is 6.69. The first-order chi connectivity index (χ1) is 8.72. The number of aryl methyl sites for hydroxylation is 1. The van der Waals surface area contributed by atoms with Gasteiger partial charge < -0.3 is 5.32 Å². The Labute approximate surface area is 119 Å². The number of benzene rings is 1. The number of piperazine rings is 1. The molecule has 2 rings (SSSR count). The second-order valence-corrected chi connectivity index (χ2v) is 4.79. The number of hydrogen-bond donors (Lipinski definition) is 1. The van der Waals surface area contributed by atoms with E-state index in [-0.39, 0.29) is 30.9 Å². The molecule has 19 heavy (non-hydrogen) atoms. The zero-order valence-corrected chi connectivity index (χ0v) is 12.0. The molecular formula is C14H21ClF2N2. The lowest BCUT2D eigenvalue weighted by Gasteiger charge is -2.35. The van der Waals surface area contributed by atoms with E-state index in [4.69, 9.17) is 0 Å². The zero-order valence-electron chi connectivity index (χ0n) is 11.2. The van der Waals surface area contributed by atoms with Crippen LogP contribution in [0.2, 0.25) is 0 Å². The van der Waals surface area contributed by atoms with E-state index in [1.165, 1.54) is 0 Å². The van der Waals surface area contributed by atoms with E-state index >= 15 is 0 Å². The van der Waals surface area contributed by atoms with Gasteiger partial charge in [0.05, 0.1) is 6.67 Å². The van der Waals surface area contributed by atoms with Gasteiger partial charge in [-0.3, -0.25) is 9.29 Å². The summed E-state index contributed by atoms with van der Waals surface area (Å²) in [4.78, 5) is 2.24. The molecule has 1 atom stereocenters. The van der Waals surface area contributed by atoms with Crippen molar-refractivity contribution in [1.82, 2.24) is 10.2 Å². The predicted octanol–water partition coefficient (Wildman–Crippen LogP) is 2.86. The molecule has 1 aliphatic rings. The van der Waals surface area contributed by atoms with E-state index in [9.17, 15) is 8.78 Å². The molecule has 0 bridgehead atoms. The third-order valence-electron chi connectivity index (χ3n) is 3.56. The van der Waals surface area contributed by atoms with Crippen LogP contribution in [0.1, 0.15) is 23.6 Å². The number of nitrogens with one attached hydrogen (secondary N) is 1. The molecule has 108 valence electrons. The van der Waals surface area contributed by atoms with Gasteiger partial charge in [0.25, 0.3) is 0 Å². The Morgan fingerprint density at radius 3 is 2.58 bits per heavy atom. The molecule has 1 N–H and O–H groups in total. The third-order valence-corrected chi connectivity index (χ3v) is 3.56. The summed E-state index contributed by atoms with van der Waals surface area (Å²) in [5.41, 5.74) is 1.52. The van der Waals surface area contributed by atoms with Crippen molar-refractivity contribution >= 4 is 12.4 Å². The molecule has 0 aromatic heterocycles. The molecule has 1 saturated heterocycles. The molecule has 0 aliphatic carbocycles. The van der Waals surface area contributed by atoms with E-state index in [2.05, 4.69) is 10.2 Å². The maximum absolute atomic E-state index is 13.6. The van der Waals surface area contributed by atoms with Gasteiger partial charge in [-0.25, -0.2) is 4.39 Å². The highest BCUT2D eigenvalue weighted by Gasteiger charge is 2.22. The summed E-state index contributed by atoms with van der Waals surface area (Å²) in [6, 6.07) is 5.24. The Morgan fingerprint density at radius 2 is 2.00 bits per heavy atom. The molecule has 1 aromatic carbocycles. The first kappa shape index (κ1) is 16.3. The summed E-state index contributed by atoms with van der Waals surface area (Å²) in [5.74, 6) is -0.202. The van der Waals surface area contributed by atoms with Crippen LogP contribution in [0, 0.1) is 12.7 Å². The molecule has 1 heterocycles. The van der Waals surface area contributed by atoms with Gasteiger partial charge in [0.2, 0.25) is 0 Å². The fourth-order valence-corrected chi connectivity index (χ4v) is 2.47. The van der Waals surface area contributed by atoms with Gasteiger partial charge in [0.15, 0.2) is 0 Å². The quantitative estimate of drug-likeness (QED) is 0.917. The van der Waals surface area contributed by atoms with Crippen molar-refractivity contribution in [3.63, 3.8) is 0 Å². The van der Waals surface area contributed by atoms with Gasteiger partial charge in [0, 0.05) is 32.2 Å². The van der Waals surface area contributed by atoms with Crippen molar-refractivity contribution in [2.45, 2.75) is 19.4 Å². The van der Waals surface area contributed by atoms with Crippen LogP contribution in [-0.2, 0) is 0 Å². The summed E-state index contributed by atoms with van der Waals surface area (Å²) in [5, 5.41) is 3.27. The van der Waals surface area contributed by atoms with Crippen LogP contribution in [-0.4, -0.2) is 37.8 Å². The largest absolute Gasteiger partial charge is 0.314 e. The van der Waals surface area contributed by atoms with Crippen LogP contribution in [0.15, 0.2) is 18.2 Å². The summed E-state index contributed by atoms with van der Waals surface area (Å²) in [6.45, 7) is 4.98. The fourth-order valence-electron chi connectivity index (χ4n) is 2.47. The molecule has 1 aromatic rings. The summed E-state index contributed by atoms with van der Waals surface area (Å²) in [7, 11) is 0. The smallest absolute Gasteiger partial charge is 0.126 e. The van der Waals surface area contributed by atoms with Crippen LogP contribution in [0.4, 0.5) is 8.78 Å². The van der Waals surface area contributed by atoms with Crippen LogP contribution < -0.4 is 5.32 Å². The molecule has 5 heteroatoms. The summed E-state index contributed by atoms with van der Waals surface area (Å²) in [6.07, 6.45) is 0.433. The minimum Gasteiger partial charge on any atom is -0.314 e. The first-order valence-corrected chi connectivity index (χ1v) is 6.49. The molecule has 1 aliphatic heterocycles. The molecule has 0 amide bonds. The van der Waals surface area contributed by atoms with E-state index < -0.39 is 0 Å². The maximum atomic E-state index is 13.6. The normalized spacial score (nSPS) is 17.8. The van der Waals surface area contributed by atoms with Crippen molar-refractivity contribution in [1.29, 1.82) is 0 Å². The number of nitrogens with zero attached hydrogens (tertiary/aromatic N) is 1. The van der Waals surface area contributed by atoms with Crippen molar-refractivity contribution in [3.8, 4) is 0 Å². The number of hydrogen-bond acceptors (Lipinski definition) is 2. The van der Waals surface area contributed by atoms with Crippen LogP contribution in [0.25, 0.3) is 0 Å². The number of rotatable bonds is 4. The van der Waals surface area contributed by atoms with Crippen LogP contribution >= 0.6 is 12.4 Å². The third kappa shape index (κ3) is 4.13. The highest BCUT2D eigenvalue weighted by Crippen LogP contribution is 2.26. The lowest BCUT2D eigenvalue weighted by Crippen LogP contribution is -2.45. The Morgan fingerprint density at radius 1 is 1.32 bits per heavy atom. The molecule has 0 unspecified atom stereocenters. The van der Waals surface area contributed by atoms with Crippen molar-refractivity contribution in [2.75, 3.05) is 32.9 Å². The second kappa shape index (κ2) is 7.78. The fraction of sp³-hybridized carbons (Fsp3) is 0.571. The van der Waals surface area contributed by atoms with E-state index in [0.29, 0.717) is 12.0 Å². The Bertz CT molecular complexity index is 395. The highest BCUT2D eigenvalue weighted by atomic mass is 35.5. The minimum atomic E-state index is -0.371. The molecule has 0 spiro atoms. The molecule has 0 saturated carbocycles. The summed E-state index contributed by atoms with van der Waals surface area (Å²) < 4.78 is 26.4. The van der Waals surface area contributed by atoms with E-state index in [0.717, 1.165) is 31.7 Å². The second-order valence-electron chi connectivity index (χ2n) is 4.79. The topological polar surface area (TPSA) is 15.3 Å². The van der Waals surface area contributed by atoms with Crippen LogP contribution in [0.3, 0.4) is 0 Å². The monoisotopic (exact) mass is 290 g/mol. The molecule has 2 nitrogen and oxygen atoms in total. The SMILES string of the molecule is Cc1ccc([C@H](CCF)N2CCNCC2)cc1F.Cl. The molecule has 0 radical (unpaired) electrons. The van der Waals surface area contributed by atoms with Gasteiger partial charge in [0.1, 0.15) is 5.82 Å². The van der Waals surface area contributed by atoms with Crippen molar-refractivity contribution < 1.29 is 8.78 Å². The Hall–Kier alpha value is -0.710. The van der Waals surface area contributed by atoms with Gasteiger partial charge in [-0.2, -0.15) is 0 Å². The summed E-state index contributed by atoms with van der Waals surface area (Å²) >= 11 is 0. The number of halogens is 3. The average molecular weight is 291 g/mol. The van der Waals surface area contributed by atoms with Crippen molar-refractivity contribution in [2.24, 2.45) is 0 Å². The van der Waals surface area contributed by atoms with Gasteiger partial charge in [-0.05, 0) is 30.5 Å². The van der Waals surface area contributed by atoms with Gasteiger partial charge >= 0.3 is 0 Å². The lowest BCUT2D eigenvalue weighted by atomic mass is 10.00. The molecular weight excluding hydrogens is 270 g/mol. The zero-order chi connectivity index (χ0) is 13.0. The Balaban J connectivity index is 0.00000180.